The van der Waals surface area contributed by atoms with Crippen molar-refractivity contribution in [3.8, 4) is 0 Å². The fraction of sp³-hybridized carbons (Fsp3) is 0.933. The first kappa shape index (κ1) is 14.8. The predicted molar refractivity (Wildman–Crippen MR) is 76.1 cm³/mol. The van der Waals surface area contributed by atoms with E-state index in [-0.39, 0.29) is 11.5 Å². The molecule has 2 rings (SSSR count). The Bertz CT molecular complexity index is 313. The smallest absolute Gasteiger partial charge is 0.307 e. The zero-order valence-corrected chi connectivity index (χ0v) is 12.7. The first-order chi connectivity index (χ1) is 9.16. The fourth-order valence-corrected chi connectivity index (χ4v) is 4.11. The summed E-state index contributed by atoms with van der Waals surface area (Å²) in [5.41, 5.74) is 0.0444. The predicted octanol–water partition coefficient (Wildman–Crippen LogP) is 1.75. The van der Waals surface area contributed by atoms with E-state index in [0.29, 0.717) is 18.9 Å². The van der Waals surface area contributed by atoms with Gasteiger partial charge in [-0.15, -0.1) is 0 Å². The largest absolute Gasteiger partial charge is 0.466 e. The van der Waals surface area contributed by atoms with Gasteiger partial charge in [0.1, 0.15) is 0 Å². The van der Waals surface area contributed by atoms with Crippen molar-refractivity contribution < 1.29 is 9.53 Å². The molecule has 0 N–H and O–H groups in total. The fourth-order valence-electron chi connectivity index (χ4n) is 4.11. The third-order valence-corrected chi connectivity index (χ3v) is 5.04. The average Bonchev–Trinajstić information content (AvgIpc) is 2.80. The van der Waals surface area contributed by atoms with Gasteiger partial charge in [-0.25, -0.2) is 0 Å². The van der Waals surface area contributed by atoms with Crippen molar-refractivity contribution in [1.82, 2.24) is 9.80 Å². The SMILES string of the molecule is CCOC(=O)CC1(N(CC)CC)CCN2CCC1C2. The number of carbonyl (C=O) groups is 1. The van der Waals surface area contributed by atoms with Gasteiger partial charge in [-0.2, -0.15) is 0 Å². The van der Waals surface area contributed by atoms with Crippen LogP contribution in [0.2, 0.25) is 0 Å². The van der Waals surface area contributed by atoms with Gasteiger partial charge in [-0.1, -0.05) is 13.8 Å². The number of esters is 1. The summed E-state index contributed by atoms with van der Waals surface area (Å²) in [7, 11) is 0. The molecule has 110 valence electrons. The Kier molecular flexibility index (Phi) is 4.85. The molecule has 0 aromatic rings. The lowest BCUT2D eigenvalue weighted by Crippen LogP contribution is -2.59. The minimum Gasteiger partial charge on any atom is -0.466 e. The Hall–Kier alpha value is -0.610. The highest BCUT2D eigenvalue weighted by Gasteiger charge is 2.50. The highest BCUT2D eigenvalue weighted by molar-refractivity contribution is 5.71. The summed E-state index contributed by atoms with van der Waals surface area (Å²) >= 11 is 0. The second-order valence-electron chi connectivity index (χ2n) is 5.79. The minimum atomic E-state index is -0.0188. The van der Waals surface area contributed by atoms with Crippen LogP contribution in [0.4, 0.5) is 0 Å². The van der Waals surface area contributed by atoms with Gasteiger partial charge in [-0.05, 0) is 51.9 Å². The molecule has 3 atom stereocenters. The van der Waals surface area contributed by atoms with Gasteiger partial charge in [0.2, 0.25) is 0 Å². The van der Waals surface area contributed by atoms with Crippen molar-refractivity contribution in [3.63, 3.8) is 0 Å². The summed E-state index contributed by atoms with van der Waals surface area (Å²) in [4.78, 5) is 17.1. The van der Waals surface area contributed by atoms with Crippen molar-refractivity contribution in [3.05, 3.63) is 0 Å². The maximum absolute atomic E-state index is 12.1. The van der Waals surface area contributed by atoms with Crippen LogP contribution in [0.15, 0.2) is 0 Å². The highest BCUT2D eigenvalue weighted by atomic mass is 16.5. The number of piperidine rings is 1. The Labute approximate surface area is 117 Å². The molecule has 4 heteroatoms. The molecule has 2 bridgehead atoms. The molecule has 0 saturated carbocycles. The van der Waals surface area contributed by atoms with Crippen LogP contribution in [0.5, 0.6) is 0 Å². The molecular weight excluding hydrogens is 240 g/mol. The Morgan fingerprint density at radius 1 is 1.32 bits per heavy atom. The van der Waals surface area contributed by atoms with Crippen molar-refractivity contribution in [2.45, 2.75) is 45.6 Å². The van der Waals surface area contributed by atoms with E-state index in [1.807, 2.05) is 6.92 Å². The molecule has 0 spiro atoms. The van der Waals surface area contributed by atoms with Gasteiger partial charge in [0.05, 0.1) is 13.0 Å². The van der Waals surface area contributed by atoms with E-state index in [0.717, 1.165) is 32.6 Å². The van der Waals surface area contributed by atoms with Crippen LogP contribution in [0.3, 0.4) is 0 Å². The molecule has 0 aromatic carbocycles. The molecule has 19 heavy (non-hydrogen) atoms. The maximum atomic E-state index is 12.1. The molecule has 2 heterocycles. The van der Waals surface area contributed by atoms with Crippen LogP contribution >= 0.6 is 0 Å². The van der Waals surface area contributed by atoms with Crippen molar-refractivity contribution >= 4 is 5.97 Å². The third kappa shape index (κ3) is 2.79. The summed E-state index contributed by atoms with van der Waals surface area (Å²) in [6, 6.07) is 0. The molecule has 0 aliphatic carbocycles. The van der Waals surface area contributed by atoms with Crippen molar-refractivity contribution in [2.24, 2.45) is 5.92 Å². The van der Waals surface area contributed by atoms with Crippen LogP contribution in [0.1, 0.15) is 40.0 Å². The van der Waals surface area contributed by atoms with E-state index in [1.165, 1.54) is 13.0 Å². The quantitative estimate of drug-likeness (QED) is 0.687. The number of carbonyl (C=O) groups excluding carboxylic acids is 1. The molecule has 4 nitrogen and oxygen atoms in total. The zero-order valence-electron chi connectivity index (χ0n) is 12.7. The number of hydrogen-bond acceptors (Lipinski definition) is 4. The number of nitrogens with zero attached hydrogens (tertiary/aromatic N) is 2. The summed E-state index contributed by atoms with van der Waals surface area (Å²) in [5, 5.41) is 0. The Morgan fingerprint density at radius 2 is 2.05 bits per heavy atom. The summed E-state index contributed by atoms with van der Waals surface area (Å²) in [6.45, 7) is 12.3. The van der Waals surface area contributed by atoms with Gasteiger partial charge < -0.3 is 9.64 Å². The number of ether oxygens (including phenoxy) is 1. The Balaban J connectivity index is 2.19. The topological polar surface area (TPSA) is 32.8 Å². The van der Waals surface area contributed by atoms with E-state index >= 15 is 0 Å². The van der Waals surface area contributed by atoms with E-state index in [1.54, 1.807) is 0 Å². The average molecular weight is 268 g/mol. The highest BCUT2D eigenvalue weighted by Crippen LogP contribution is 2.42. The van der Waals surface area contributed by atoms with E-state index in [4.69, 9.17) is 4.74 Å². The monoisotopic (exact) mass is 268 g/mol. The van der Waals surface area contributed by atoms with Gasteiger partial charge >= 0.3 is 5.97 Å². The molecular formula is C15H28N2O2. The molecule has 2 saturated heterocycles. The van der Waals surface area contributed by atoms with Crippen molar-refractivity contribution in [2.75, 3.05) is 39.3 Å². The molecule has 0 aromatic heterocycles. The van der Waals surface area contributed by atoms with Gasteiger partial charge in [0, 0.05) is 12.1 Å². The van der Waals surface area contributed by atoms with Crippen molar-refractivity contribution in [1.29, 1.82) is 0 Å². The standard InChI is InChI=1S/C15H28N2O2/c1-4-17(5-2)15(11-14(18)19-6-3)8-10-16-9-7-13(15)12-16/h13H,4-12H2,1-3H3. The third-order valence-electron chi connectivity index (χ3n) is 5.04. The van der Waals surface area contributed by atoms with E-state index < -0.39 is 0 Å². The van der Waals surface area contributed by atoms with Crippen LogP contribution in [0.25, 0.3) is 0 Å². The first-order valence-corrected chi connectivity index (χ1v) is 7.79. The molecule has 2 aliphatic rings. The maximum Gasteiger partial charge on any atom is 0.307 e. The van der Waals surface area contributed by atoms with Gasteiger partial charge in [0.15, 0.2) is 0 Å². The minimum absolute atomic E-state index is 0.0188. The molecule has 2 aliphatic heterocycles. The number of rotatable bonds is 6. The Morgan fingerprint density at radius 3 is 2.68 bits per heavy atom. The lowest BCUT2D eigenvalue weighted by molar-refractivity contribution is -0.149. The summed E-state index contributed by atoms with van der Waals surface area (Å²) < 4.78 is 5.24. The lowest BCUT2D eigenvalue weighted by Gasteiger charge is -2.49. The van der Waals surface area contributed by atoms with Crippen LogP contribution in [0, 0.1) is 5.92 Å². The molecule has 0 amide bonds. The number of hydrogen-bond donors (Lipinski definition) is 0. The van der Waals surface area contributed by atoms with Gasteiger partial charge in [-0.3, -0.25) is 9.69 Å². The van der Waals surface area contributed by atoms with Crippen LogP contribution < -0.4 is 0 Å². The van der Waals surface area contributed by atoms with Crippen LogP contribution in [-0.4, -0.2) is 60.6 Å². The van der Waals surface area contributed by atoms with Crippen LogP contribution in [-0.2, 0) is 9.53 Å². The summed E-state index contributed by atoms with van der Waals surface area (Å²) in [5.74, 6) is 0.611. The second kappa shape index (κ2) is 6.23. The molecule has 3 unspecified atom stereocenters. The molecule has 2 fully saturated rings. The van der Waals surface area contributed by atoms with Gasteiger partial charge in [0.25, 0.3) is 0 Å². The lowest BCUT2D eigenvalue weighted by atomic mass is 9.74. The first-order valence-electron chi connectivity index (χ1n) is 7.79. The molecule has 0 radical (unpaired) electrons. The normalized spacial score (nSPS) is 33.7. The number of fused-ring (bicyclic) bond motifs is 2. The second-order valence-corrected chi connectivity index (χ2v) is 5.79. The van der Waals surface area contributed by atoms with E-state index in [2.05, 4.69) is 23.6 Å². The zero-order chi connectivity index (χ0) is 13.9. The summed E-state index contributed by atoms with van der Waals surface area (Å²) in [6.07, 6.45) is 2.91. The van der Waals surface area contributed by atoms with E-state index in [9.17, 15) is 4.79 Å².